The Hall–Kier alpha value is -1.50. The minimum Gasteiger partial charge on any atom is -0.362 e. The van der Waals surface area contributed by atoms with Gasteiger partial charge in [-0.1, -0.05) is 31.2 Å². The molecule has 0 atom stereocenters. The van der Waals surface area contributed by atoms with Gasteiger partial charge < -0.3 is 5.32 Å². The smallest absolute Gasteiger partial charge is 0.0409 e. The van der Waals surface area contributed by atoms with Crippen molar-refractivity contribution >= 4 is 11.8 Å². The summed E-state index contributed by atoms with van der Waals surface area (Å²) in [7, 11) is 0. The molecule has 0 unspecified atom stereocenters. The van der Waals surface area contributed by atoms with Crippen LogP contribution in [0.25, 0.3) is 6.08 Å². The summed E-state index contributed by atoms with van der Waals surface area (Å²) in [4.78, 5) is 0. The van der Waals surface area contributed by atoms with Crippen LogP contribution < -0.4 is 5.32 Å². The molecule has 0 spiro atoms. The van der Waals surface area contributed by atoms with Crippen molar-refractivity contribution < 1.29 is 0 Å². The molecule has 0 bridgehead atoms. The molecule has 1 aromatic carbocycles. The molecule has 15 heavy (non-hydrogen) atoms. The Morgan fingerprint density at radius 3 is 2.73 bits per heavy atom. The normalized spacial score (nSPS) is 11.3. The quantitative estimate of drug-likeness (QED) is 0.763. The highest BCUT2D eigenvalue weighted by atomic mass is 14.8. The predicted molar refractivity (Wildman–Crippen MR) is 68.9 cm³/mol. The van der Waals surface area contributed by atoms with Gasteiger partial charge >= 0.3 is 0 Å². The Labute approximate surface area is 92.5 Å². The monoisotopic (exact) mass is 201 g/mol. The molecule has 1 heteroatoms. The largest absolute Gasteiger partial charge is 0.362 e. The molecule has 0 amide bonds. The first-order valence-corrected chi connectivity index (χ1v) is 5.32. The molecule has 0 aromatic heterocycles. The molecule has 0 heterocycles. The summed E-state index contributed by atoms with van der Waals surface area (Å²) in [5.41, 5.74) is 4.91. The summed E-state index contributed by atoms with van der Waals surface area (Å²) in [6.07, 6.45) is 5.01. The molecule has 0 fully saturated rings. The summed E-state index contributed by atoms with van der Waals surface area (Å²) in [5.74, 6) is 0. The summed E-state index contributed by atoms with van der Waals surface area (Å²) in [6, 6.07) is 6.29. The van der Waals surface area contributed by atoms with Gasteiger partial charge in [0.05, 0.1) is 0 Å². The van der Waals surface area contributed by atoms with Gasteiger partial charge in [-0.3, -0.25) is 0 Å². The van der Waals surface area contributed by atoms with E-state index in [9.17, 15) is 0 Å². The highest BCUT2D eigenvalue weighted by Gasteiger charge is 1.96. The molecule has 0 aliphatic rings. The van der Waals surface area contributed by atoms with Gasteiger partial charge in [-0.05, 0) is 49.7 Å². The van der Waals surface area contributed by atoms with E-state index >= 15 is 0 Å². The maximum absolute atomic E-state index is 3.76. The number of rotatable bonds is 4. The van der Waals surface area contributed by atoms with E-state index in [0.717, 1.165) is 17.7 Å². The molecule has 1 rings (SSSR count). The van der Waals surface area contributed by atoms with Gasteiger partial charge in [0.1, 0.15) is 0 Å². The SMILES string of the molecule is C=Cc1ccc(N/C=C(/C)CC)c(C)c1. The number of allylic oxidation sites excluding steroid dienone is 1. The van der Waals surface area contributed by atoms with Crippen LogP contribution in [0.15, 0.2) is 36.6 Å². The second-order valence-corrected chi connectivity index (χ2v) is 3.77. The van der Waals surface area contributed by atoms with E-state index < -0.39 is 0 Å². The average molecular weight is 201 g/mol. The van der Waals surface area contributed by atoms with Crippen LogP contribution in [-0.4, -0.2) is 0 Å². The maximum atomic E-state index is 3.76. The van der Waals surface area contributed by atoms with Crippen LogP contribution in [0.4, 0.5) is 5.69 Å². The molecule has 0 saturated heterocycles. The molecule has 0 saturated carbocycles. The summed E-state index contributed by atoms with van der Waals surface area (Å²) in [5, 5.41) is 3.32. The van der Waals surface area contributed by atoms with Crippen molar-refractivity contribution in [3.8, 4) is 0 Å². The molecule has 0 aliphatic carbocycles. The third kappa shape index (κ3) is 3.28. The van der Waals surface area contributed by atoms with Crippen molar-refractivity contribution in [3.05, 3.63) is 47.7 Å². The minimum atomic E-state index is 1.08. The summed E-state index contributed by atoms with van der Waals surface area (Å²) < 4.78 is 0. The molecule has 1 aromatic rings. The topological polar surface area (TPSA) is 12.0 Å². The van der Waals surface area contributed by atoms with E-state index in [1.54, 1.807) is 0 Å². The fraction of sp³-hybridized carbons (Fsp3) is 0.286. The summed E-state index contributed by atoms with van der Waals surface area (Å²) >= 11 is 0. The van der Waals surface area contributed by atoms with Gasteiger partial charge in [0.15, 0.2) is 0 Å². The van der Waals surface area contributed by atoms with Crippen LogP contribution in [0.3, 0.4) is 0 Å². The van der Waals surface area contributed by atoms with Crippen molar-refractivity contribution in [1.82, 2.24) is 0 Å². The van der Waals surface area contributed by atoms with Crippen LogP contribution >= 0.6 is 0 Å². The molecular weight excluding hydrogens is 182 g/mol. The second kappa shape index (κ2) is 5.40. The van der Waals surface area contributed by atoms with Gasteiger partial charge in [0.25, 0.3) is 0 Å². The van der Waals surface area contributed by atoms with E-state index in [1.165, 1.54) is 11.1 Å². The zero-order valence-corrected chi connectivity index (χ0v) is 9.80. The third-order valence-electron chi connectivity index (χ3n) is 2.52. The zero-order chi connectivity index (χ0) is 11.3. The minimum absolute atomic E-state index is 1.08. The predicted octanol–water partition coefficient (Wildman–Crippen LogP) is 4.36. The molecule has 1 N–H and O–H groups in total. The Morgan fingerprint density at radius 2 is 2.20 bits per heavy atom. The molecule has 0 aliphatic heterocycles. The molecule has 0 radical (unpaired) electrons. The number of anilines is 1. The van der Waals surface area contributed by atoms with Gasteiger partial charge in [0.2, 0.25) is 0 Å². The Bertz CT molecular complexity index is 375. The Morgan fingerprint density at radius 1 is 1.47 bits per heavy atom. The lowest BCUT2D eigenvalue weighted by Gasteiger charge is -2.07. The van der Waals surface area contributed by atoms with E-state index in [1.807, 2.05) is 6.08 Å². The third-order valence-corrected chi connectivity index (χ3v) is 2.52. The van der Waals surface area contributed by atoms with E-state index in [2.05, 4.69) is 57.1 Å². The maximum Gasteiger partial charge on any atom is 0.0409 e. The van der Waals surface area contributed by atoms with Crippen LogP contribution in [-0.2, 0) is 0 Å². The highest BCUT2D eigenvalue weighted by molar-refractivity contribution is 5.59. The van der Waals surface area contributed by atoms with Crippen LogP contribution in [0, 0.1) is 6.92 Å². The lowest BCUT2D eigenvalue weighted by atomic mass is 10.1. The number of benzene rings is 1. The lowest BCUT2D eigenvalue weighted by Crippen LogP contribution is -1.92. The first kappa shape index (κ1) is 11.6. The number of aryl methyl sites for hydroxylation is 1. The van der Waals surface area contributed by atoms with Gasteiger partial charge in [-0.2, -0.15) is 0 Å². The van der Waals surface area contributed by atoms with Crippen LogP contribution in [0.1, 0.15) is 31.4 Å². The Balaban J connectivity index is 2.83. The fourth-order valence-corrected chi connectivity index (χ4v) is 1.28. The zero-order valence-electron chi connectivity index (χ0n) is 9.80. The van der Waals surface area contributed by atoms with Crippen LogP contribution in [0.5, 0.6) is 0 Å². The number of nitrogens with one attached hydrogen (secondary N) is 1. The van der Waals surface area contributed by atoms with Crippen molar-refractivity contribution in [2.24, 2.45) is 0 Å². The highest BCUT2D eigenvalue weighted by Crippen LogP contribution is 2.17. The first-order chi connectivity index (χ1) is 7.17. The van der Waals surface area contributed by atoms with Crippen molar-refractivity contribution in [3.63, 3.8) is 0 Å². The van der Waals surface area contributed by atoms with Gasteiger partial charge in [-0.25, -0.2) is 0 Å². The first-order valence-electron chi connectivity index (χ1n) is 5.32. The lowest BCUT2D eigenvalue weighted by molar-refractivity contribution is 1.09. The van der Waals surface area contributed by atoms with Crippen LogP contribution in [0.2, 0.25) is 0 Å². The van der Waals surface area contributed by atoms with Crippen molar-refractivity contribution in [1.29, 1.82) is 0 Å². The standard InChI is InChI=1S/C14H19N/c1-5-11(3)10-15-14-8-7-13(6-2)9-12(14)4/h6-10,15H,2,5H2,1,3-4H3/b11-10-. The van der Waals surface area contributed by atoms with E-state index in [4.69, 9.17) is 0 Å². The van der Waals surface area contributed by atoms with E-state index in [-0.39, 0.29) is 0 Å². The molecule has 1 nitrogen and oxygen atoms in total. The molecule has 80 valence electrons. The van der Waals surface area contributed by atoms with E-state index in [0.29, 0.717) is 0 Å². The summed E-state index contributed by atoms with van der Waals surface area (Å²) in [6.45, 7) is 10.1. The Kier molecular flexibility index (Phi) is 4.17. The fourth-order valence-electron chi connectivity index (χ4n) is 1.28. The molecular formula is C14H19N. The van der Waals surface area contributed by atoms with Gasteiger partial charge in [0, 0.05) is 5.69 Å². The second-order valence-electron chi connectivity index (χ2n) is 3.77. The van der Waals surface area contributed by atoms with Crippen molar-refractivity contribution in [2.75, 3.05) is 5.32 Å². The van der Waals surface area contributed by atoms with Gasteiger partial charge in [-0.15, -0.1) is 0 Å². The number of hydrogen-bond donors (Lipinski definition) is 1. The average Bonchev–Trinajstić information content (AvgIpc) is 2.26. The number of hydrogen-bond acceptors (Lipinski definition) is 1. The van der Waals surface area contributed by atoms with Crippen molar-refractivity contribution in [2.45, 2.75) is 27.2 Å².